The van der Waals surface area contributed by atoms with E-state index in [1.807, 2.05) is 0 Å². The van der Waals surface area contributed by atoms with Gasteiger partial charge in [0.25, 0.3) is 0 Å². The first-order valence-corrected chi connectivity index (χ1v) is 6.45. The van der Waals surface area contributed by atoms with Crippen LogP contribution >= 0.6 is 0 Å². The number of aliphatic carboxylic acids is 1. The summed E-state index contributed by atoms with van der Waals surface area (Å²) in [5.41, 5.74) is -0.0413. The largest absolute Gasteiger partial charge is 0.479 e. The first-order chi connectivity index (χ1) is 9.59. The van der Waals surface area contributed by atoms with Crippen LogP contribution in [0.25, 0.3) is 0 Å². The smallest absolute Gasteiger partial charge is 0.331 e. The van der Waals surface area contributed by atoms with Crippen LogP contribution in [0.4, 0.5) is 4.39 Å². The van der Waals surface area contributed by atoms with Gasteiger partial charge >= 0.3 is 5.97 Å². The minimum absolute atomic E-state index is 0.0413. The van der Waals surface area contributed by atoms with Gasteiger partial charge in [-0.1, -0.05) is 18.2 Å². The van der Waals surface area contributed by atoms with Crippen LogP contribution in [0.2, 0.25) is 0 Å². The number of carbonyl (C=O) groups is 2. The Morgan fingerprint density at radius 2 is 1.95 bits per heavy atom. The first kappa shape index (κ1) is 14.5. The van der Waals surface area contributed by atoms with Crippen molar-refractivity contribution >= 4 is 11.9 Å². The van der Waals surface area contributed by atoms with Crippen molar-refractivity contribution in [2.24, 2.45) is 5.92 Å². The van der Waals surface area contributed by atoms with Crippen molar-refractivity contribution < 1.29 is 23.8 Å². The van der Waals surface area contributed by atoms with Gasteiger partial charge in [0, 0.05) is 24.7 Å². The van der Waals surface area contributed by atoms with Gasteiger partial charge in [-0.05, 0) is 18.9 Å². The fourth-order valence-corrected chi connectivity index (χ4v) is 2.20. The molecule has 0 radical (unpaired) electrons. The molecule has 0 aliphatic carbocycles. The van der Waals surface area contributed by atoms with E-state index >= 15 is 0 Å². The van der Waals surface area contributed by atoms with Gasteiger partial charge in [0.2, 0.25) is 5.91 Å². The van der Waals surface area contributed by atoms with E-state index in [9.17, 15) is 19.1 Å². The molecule has 1 aromatic rings. The molecular weight excluding hydrogens is 265 g/mol. The maximum Gasteiger partial charge on any atom is 0.331 e. The number of carbonyl (C=O) groups excluding carboxylic acids is 1. The number of nitrogens with one attached hydrogen (secondary N) is 1. The zero-order valence-corrected chi connectivity index (χ0v) is 10.8. The highest BCUT2D eigenvalue weighted by atomic mass is 19.1. The van der Waals surface area contributed by atoms with E-state index in [2.05, 4.69) is 5.32 Å². The van der Waals surface area contributed by atoms with Gasteiger partial charge in [-0.15, -0.1) is 0 Å². The minimum atomic E-state index is -1.37. The maximum atomic E-state index is 13.7. The Balaban J connectivity index is 2.12. The van der Waals surface area contributed by atoms with Gasteiger partial charge in [0.1, 0.15) is 5.82 Å². The molecule has 5 nitrogen and oxygen atoms in total. The van der Waals surface area contributed by atoms with E-state index in [0.29, 0.717) is 26.1 Å². The Bertz CT molecular complexity index is 500. The fraction of sp³-hybridized carbons (Fsp3) is 0.429. The van der Waals surface area contributed by atoms with Crippen LogP contribution in [0.3, 0.4) is 0 Å². The summed E-state index contributed by atoms with van der Waals surface area (Å²) in [4.78, 5) is 23.3. The summed E-state index contributed by atoms with van der Waals surface area (Å²) in [6.45, 7) is 0.963. The lowest BCUT2D eigenvalue weighted by Crippen LogP contribution is -2.39. The highest BCUT2D eigenvalue weighted by Crippen LogP contribution is 2.20. The number of hydrogen-bond donors (Lipinski definition) is 2. The second-order valence-electron chi connectivity index (χ2n) is 4.69. The van der Waals surface area contributed by atoms with Crippen LogP contribution in [-0.2, 0) is 14.3 Å². The number of ether oxygens (including phenoxy) is 1. The summed E-state index contributed by atoms with van der Waals surface area (Å²) in [7, 11) is 0. The predicted molar refractivity (Wildman–Crippen MR) is 68.5 cm³/mol. The van der Waals surface area contributed by atoms with Crippen molar-refractivity contribution in [3.8, 4) is 0 Å². The van der Waals surface area contributed by atoms with E-state index in [4.69, 9.17) is 4.74 Å². The predicted octanol–water partition coefficient (Wildman–Crippen LogP) is 1.49. The number of carboxylic acids is 1. The van der Waals surface area contributed by atoms with Gasteiger partial charge in [0.15, 0.2) is 6.04 Å². The summed E-state index contributed by atoms with van der Waals surface area (Å²) in [6.07, 6.45) is 1.10. The third-order valence-corrected chi connectivity index (χ3v) is 3.34. The van der Waals surface area contributed by atoms with E-state index in [1.165, 1.54) is 24.3 Å². The topological polar surface area (TPSA) is 75.6 Å². The van der Waals surface area contributed by atoms with E-state index < -0.39 is 17.8 Å². The molecule has 0 bridgehead atoms. The van der Waals surface area contributed by atoms with Crippen molar-refractivity contribution in [1.82, 2.24) is 5.32 Å². The highest BCUT2D eigenvalue weighted by Gasteiger charge is 2.29. The summed E-state index contributed by atoms with van der Waals surface area (Å²) in [5.74, 6) is -2.58. The molecule has 0 aromatic heterocycles. The van der Waals surface area contributed by atoms with E-state index in [-0.39, 0.29) is 17.4 Å². The quantitative estimate of drug-likeness (QED) is 0.877. The number of hydrogen-bond acceptors (Lipinski definition) is 3. The molecule has 1 aliphatic rings. The normalized spacial score (nSPS) is 17.4. The zero-order chi connectivity index (χ0) is 14.5. The number of benzene rings is 1. The van der Waals surface area contributed by atoms with Crippen molar-refractivity contribution in [1.29, 1.82) is 0 Å². The second-order valence-corrected chi connectivity index (χ2v) is 4.69. The van der Waals surface area contributed by atoms with Crippen LogP contribution in [0.5, 0.6) is 0 Å². The third-order valence-electron chi connectivity index (χ3n) is 3.34. The summed E-state index contributed by atoms with van der Waals surface area (Å²) in [6, 6.07) is 4.17. The van der Waals surface area contributed by atoms with Crippen molar-refractivity contribution in [3.05, 3.63) is 35.6 Å². The average Bonchev–Trinajstić information content (AvgIpc) is 2.46. The Labute approximate surface area is 115 Å². The molecule has 20 heavy (non-hydrogen) atoms. The lowest BCUT2D eigenvalue weighted by molar-refractivity contribution is -0.143. The number of carboxylic acid groups (broad SMARTS) is 1. The number of rotatable bonds is 4. The molecule has 108 valence electrons. The number of amides is 1. The molecule has 6 heteroatoms. The Morgan fingerprint density at radius 3 is 2.55 bits per heavy atom. The molecule has 0 spiro atoms. The molecular formula is C14H16FNO4. The van der Waals surface area contributed by atoms with Crippen LogP contribution in [0.1, 0.15) is 24.4 Å². The average molecular weight is 281 g/mol. The molecule has 2 rings (SSSR count). The molecule has 1 amide bonds. The Morgan fingerprint density at radius 1 is 1.30 bits per heavy atom. The minimum Gasteiger partial charge on any atom is -0.479 e. The maximum absolute atomic E-state index is 13.7. The molecule has 1 aliphatic heterocycles. The third kappa shape index (κ3) is 3.33. The van der Waals surface area contributed by atoms with E-state index in [0.717, 1.165) is 0 Å². The van der Waals surface area contributed by atoms with Crippen molar-refractivity contribution in [2.75, 3.05) is 13.2 Å². The van der Waals surface area contributed by atoms with Crippen LogP contribution in [0, 0.1) is 11.7 Å². The molecule has 1 fully saturated rings. The molecule has 1 unspecified atom stereocenters. The van der Waals surface area contributed by atoms with Crippen LogP contribution < -0.4 is 5.32 Å². The summed E-state index contributed by atoms with van der Waals surface area (Å²) >= 11 is 0. The van der Waals surface area contributed by atoms with Gasteiger partial charge in [-0.3, -0.25) is 4.79 Å². The zero-order valence-electron chi connectivity index (χ0n) is 10.8. The molecule has 0 saturated carbocycles. The monoisotopic (exact) mass is 281 g/mol. The summed E-state index contributed by atoms with van der Waals surface area (Å²) < 4.78 is 18.8. The van der Waals surface area contributed by atoms with Gasteiger partial charge in [-0.25, -0.2) is 9.18 Å². The van der Waals surface area contributed by atoms with E-state index in [1.54, 1.807) is 0 Å². The van der Waals surface area contributed by atoms with Gasteiger partial charge in [-0.2, -0.15) is 0 Å². The second kappa shape index (κ2) is 6.47. The fourth-order valence-electron chi connectivity index (χ4n) is 2.20. The van der Waals surface area contributed by atoms with Crippen LogP contribution in [-0.4, -0.2) is 30.2 Å². The molecule has 2 N–H and O–H groups in total. The van der Waals surface area contributed by atoms with Crippen molar-refractivity contribution in [2.45, 2.75) is 18.9 Å². The lowest BCUT2D eigenvalue weighted by Gasteiger charge is -2.23. The van der Waals surface area contributed by atoms with Gasteiger partial charge in [0.05, 0.1) is 0 Å². The molecule has 1 aromatic carbocycles. The van der Waals surface area contributed by atoms with Crippen LogP contribution in [0.15, 0.2) is 24.3 Å². The first-order valence-electron chi connectivity index (χ1n) is 6.45. The van der Waals surface area contributed by atoms with Gasteiger partial charge < -0.3 is 15.2 Å². The Hall–Kier alpha value is -1.95. The van der Waals surface area contributed by atoms with Crippen molar-refractivity contribution in [3.63, 3.8) is 0 Å². The molecule has 1 heterocycles. The molecule has 1 atom stereocenters. The Kier molecular flexibility index (Phi) is 4.68. The lowest BCUT2D eigenvalue weighted by atomic mass is 9.98. The highest BCUT2D eigenvalue weighted by molar-refractivity contribution is 5.85. The SMILES string of the molecule is O=C(NC(C(=O)O)c1ccccc1F)C1CCOCC1. The molecule has 1 saturated heterocycles. The standard InChI is InChI=1S/C14H16FNO4/c15-11-4-2-1-3-10(11)12(14(18)19)16-13(17)9-5-7-20-8-6-9/h1-4,9,12H,5-8H2,(H,16,17)(H,18,19). The number of halogens is 1. The summed E-state index contributed by atoms with van der Waals surface area (Å²) in [5, 5.41) is 11.6.